The number of aromatic nitrogens is 4. The Balaban J connectivity index is 2.15. The minimum absolute atomic E-state index is 0.196. The fourth-order valence-corrected chi connectivity index (χ4v) is 1.33. The number of hydrogen-bond donors (Lipinski definition) is 2. The summed E-state index contributed by atoms with van der Waals surface area (Å²) < 4.78 is 1.85. The average molecular weight is 205 g/mol. The van der Waals surface area contributed by atoms with Crippen LogP contribution in [-0.4, -0.2) is 25.7 Å². The molecule has 6 nitrogen and oxygen atoms in total. The van der Waals surface area contributed by atoms with Gasteiger partial charge in [-0.3, -0.25) is 10.1 Å². The Morgan fingerprint density at radius 3 is 3.20 bits per heavy atom. The molecular formula is C9H11N5O. The van der Waals surface area contributed by atoms with Crippen LogP contribution in [0.2, 0.25) is 0 Å². The average Bonchev–Trinajstić information content (AvgIpc) is 2.86. The van der Waals surface area contributed by atoms with Gasteiger partial charge in [0.2, 0.25) is 5.95 Å². The Morgan fingerprint density at radius 1 is 1.67 bits per heavy atom. The maximum absolute atomic E-state index is 11.7. The highest BCUT2D eigenvalue weighted by atomic mass is 16.2. The molecule has 0 aliphatic heterocycles. The zero-order chi connectivity index (χ0) is 10.7. The maximum atomic E-state index is 11.7. The van der Waals surface area contributed by atoms with E-state index in [1.165, 1.54) is 6.33 Å². The molecular weight excluding hydrogens is 194 g/mol. The van der Waals surface area contributed by atoms with Crippen LogP contribution in [0.15, 0.2) is 24.7 Å². The zero-order valence-electron chi connectivity index (χ0n) is 8.27. The standard InChI is InChI=1S/C9H11N5O/c1-2-14-5-3-4-7(14)8(15)12-9-10-6-11-13-9/h3-6H,2H2,1H3,(H2,10,11,12,13,15). The zero-order valence-corrected chi connectivity index (χ0v) is 8.27. The molecule has 1 amide bonds. The quantitative estimate of drug-likeness (QED) is 0.780. The summed E-state index contributed by atoms with van der Waals surface area (Å²) >= 11 is 0. The lowest BCUT2D eigenvalue weighted by molar-refractivity contribution is 0.101. The molecule has 0 aromatic carbocycles. The summed E-state index contributed by atoms with van der Waals surface area (Å²) in [6.07, 6.45) is 3.20. The van der Waals surface area contributed by atoms with Gasteiger partial charge >= 0.3 is 0 Å². The first-order valence-electron chi connectivity index (χ1n) is 4.63. The molecule has 15 heavy (non-hydrogen) atoms. The van der Waals surface area contributed by atoms with Gasteiger partial charge in [0, 0.05) is 12.7 Å². The van der Waals surface area contributed by atoms with Gasteiger partial charge in [0.25, 0.3) is 5.91 Å². The number of nitrogens with zero attached hydrogens (tertiary/aromatic N) is 3. The normalized spacial score (nSPS) is 10.2. The van der Waals surface area contributed by atoms with Gasteiger partial charge in [0.1, 0.15) is 12.0 Å². The van der Waals surface area contributed by atoms with E-state index in [2.05, 4.69) is 20.5 Å². The predicted molar refractivity (Wildman–Crippen MR) is 54.4 cm³/mol. The summed E-state index contributed by atoms with van der Waals surface area (Å²) in [4.78, 5) is 15.5. The minimum Gasteiger partial charge on any atom is -0.344 e. The topological polar surface area (TPSA) is 75.6 Å². The van der Waals surface area contributed by atoms with Crippen molar-refractivity contribution >= 4 is 11.9 Å². The number of H-pyrrole nitrogens is 1. The third-order valence-electron chi connectivity index (χ3n) is 2.05. The molecule has 0 fully saturated rings. The van der Waals surface area contributed by atoms with E-state index in [1.54, 1.807) is 6.07 Å². The number of nitrogens with one attached hydrogen (secondary N) is 2. The van der Waals surface area contributed by atoms with Gasteiger partial charge in [-0.25, -0.2) is 5.10 Å². The van der Waals surface area contributed by atoms with E-state index in [0.717, 1.165) is 6.54 Å². The first-order chi connectivity index (χ1) is 7.31. The van der Waals surface area contributed by atoms with Gasteiger partial charge in [-0.2, -0.15) is 10.1 Å². The van der Waals surface area contributed by atoms with Crippen molar-refractivity contribution in [1.29, 1.82) is 0 Å². The molecule has 2 aromatic rings. The molecule has 0 aliphatic carbocycles. The number of rotatable bonds is 3. The van der Waals surface area contributed by atoms with E-state index in [1.807, 2.05) is 23.8 Å². The molecule has 0 unspecified atom stereocenters. The lowest BCUT2D eigenvalue weighted by atomic mass is 10.4. The van der Waals surface area contributed by atoms with Crippen LogP contribution in [0.1, 0.15) is 17.4 Å². The van der Waals surface area contributed by atoms with Crippen LogP contribution < -0.4 is 5.32 Å². The Kier molecular flexibility index (Phi) is 2.49. The van der Waals surface area contributed by atoms with Crippen molar-refractivity contribution in [3.05, 3.63) is 30.4 Å². The molecule has 78 valence electrons. The molecule has 2 N–H and O–H groups in total. The summed E-state index contributed by atoms with van der Waals surface area (Å²) in [6.45, 7) is 2.73. The van der Waals surface area contributed by atoms with Crippen LogP contribution in [0.5, 0.6) is 0 Å². The van der Waals surface area contributed by atoms with Gasteiger partial charge in [0.15, 0.2) is 0 Å². The van der Waals surface area contributed by atoms with Crippen LogP contribution in [0.4, 0.5) is 5.95 Å². The van der Waals surface area contributed by atoms with E-state index >= 15 is 0 Å². The van der Waals surface area contributed by atoms with Gasteiger partial charge in [0.05, 0.1) is 0 Å². The fraction of sp³-hybridized carbons (Fsp3) is 0.222. The van der Waals surface area contributed by atoms with Crippen LogP contribution >= 0.6 is 0 Å². The molecule has 0 atom stereocenters. The smallest absolute Gasteiger partial charge is 0.274 e. The summed E-state index contributed by atoms with van der Waals surface area (Å²) in [5.41, 5.74) is 0.605. The number of aromatic amines is 1. The SMILES string of the molecule is CCn1cccc1C(=O)Nc1ncn[nH]1. The van der Waals surface area contributed by atoms with Gasteiger partial charge < -0.3 is 4.57 Å². The summed E-state index contributed by atoms with van der Waals surface area (Å²) in [7, 11) is 0. The molecule has 0 aliphatic rings. The highest BCUT2D eigenvalue weighted by Crippen LogP contribution is 2.04. The number of amides is 1. The van der Waals surface area contributed by atoms with Crippen LogP contribution in [0, 0.1) is 0 Å². The lowest BCUT2D eigenvalue weighted by Gasteiger charge is -2.04. The first kappa shape index (κ1) is 9.45. The number of anilines is 1. The van der Waals surface area contributed by atoms with E-state index in [9.17, 15) is 4.79 Å². The first-order valence-corrected chi connectivity index (χ1v) is 4.63. The molecule has 0 saturated heterocycles. The second-order valence-corrected chi connectivity index (χ2v) is 2.97. The van der Waals surface area contributed by atoms with Gasteiger partial charge in [-0.15, -0.1) is 0 Å². The van der Waals surface area contributed by atoms with Crippen molar-refractivity contribution in [2.75, 3.05) is 5.32 Å². The Bertz CT molecular complexity index is 445. The number of hydrogen-bond acceptors (Lipinski definition) is 3. The van der Waals surface area contributed by atoms with Crippen LogP contribution in [-0.2, 0) is 6.54 Å². The number of carbonyl (C=O) groups excluding carboxylic acids is 1. The van der Waals surface area contributed by atoms with Crippen molar-refractivity contribution in [2.24, 2.45) is 0 Å². The third-order valence-corrected chi connectivity index (χ3v) is 2.05. The number of aryl methyl sites for hydroxylation is 1. The van der Waals surface area contributed by atoms with Crippen molar-refractivity contribution in [3.8, 4) is 0 Å². The van der Waals surface area contributed by atoms with Crippen molar-refractivity contribution < 1.29 is 4.79 Å². The van der Waals surface area contributed by atoms with Crippen molar-refractivity contribution in [3.63, 3.8) is 0 Å². The molecule has 0 bridgehead atoms. The second-order valence-electron chi connectivity index (χ2n) is 2.97. The summed E-state index contributed by atoms with van der Waals surface area (Å²) in [5, 5.41) is 8.82. The molecule has 0 saturated carbocycles. The van der Waals surface area contributed by atoms with Gasteiger partial charge in [-0.1, -0.05) is 0 Å². The molecule has 2 heterocycles. The van der Waals surface area contributed by atoms with Crippen molar-refractivity contribution in [2.45, 2.75) is 13.5 Å². The lowest BCUT2D eigenvalue weighted by Crippen LogP contribution is -2.17. The summed E-state index contributed by atoms with van der Waals surface area (Å²) in [6, 6.07) is 3.59. The molecule has 2 aromatic heterocycles. The van der Waals surface area contributed by atoms with Gasteiger partial charge in [-0.05, 0) is 19.1 Å². The van der Waals surface area contributed by atoms with Crippen LogP contribution in [0.3, 0.4) is 0 Å². The Labute approximate surface area is 86.3 Å². The number of carbonyl (C=O) groups is 1. The highest BCUT2D eigenvalue weighted by molar-refractivity contribution is 6.02. The highest BCUT2D eigenvalue weighted by Gasteiger charge is 2.10. The minimum atomic E-state index is -0.196. The van der Waals surface area contributed by atoms with E-state index in [0.29, 0.717) is 11.6 Å². The third kappa shape index (κ3) is 1.88. The molecule has 0 radical (unpaired) electrons. The van der Waals surface area contributed by atoms with E-state index < -0.39 is 0 Å². The second kappa shape index (κ2) is 3.95. The molecule has 0 spiro atoms. The predicted octanol–water partition coefficient (Wildman–Crippen LogP) is 0.878. The Hall–Kier alpha value is -2.11. The fourth-order valence-electron chi connectivity index (χ4n) is 1.33. The van der Waals surface area contributed by atoms with Crippen LogP contribution in [0.25, 0.3) is 0 Å². The van der Waals surface area contributed by atoms with Crippen molar-refractivity contribution in [1.82, 2.24) is 19.7 Å². The molecule has 2 rings (SSSR count). The van der Waals surface area contributed by atoms with E-state index in [4.69, 9.17) is 0 Å². The van der Waals surface area contributed by atoms with E-state index in [-0.39, 0.29) is 5.91 Å². The largest absolute Gasteiger partial charge is 0.344 e. The monoisotopic (exact) mass is 205 g/mol. The Morgan fingerprint density at radius 2 is 2.53 bits per heavy atom. The summed E-state index contributed by atoms with van der Waals surface area (Å²) in [5.74, 6) is 0.155. The molecule has 6 heteroatoms. The maximum Gasteiger partial charge on any atom is 0.274 e.